The van der Waals surface area contributed by atoms with E-state index in [1.165, 1.54) is 0 Å². The smallest absolute Gasteiger partial charge is 0.248 e. The number of hydrogen-bond acceptors (Lipinski definition) is 3. The number of benzene rings is 2. The first kappa shape index (κ1) is 17.0. The van der Waals surface area contributed by atoms with Crippen LogP contribution >= 0.6 is 15.9 Å². The van der Waals surface area contributed by atoms with E-state index in [1.807, 2.05) is 25.1 Å². The molecule has 2 aromatic carbocycles. The van der Waals surface area contributed by atoms with Crippen molar-refractivity contribution >= 4 is 39.1 Å². The number of nitrogens with two attached hydrogens (primary N) is 1. The van der Waals surface area contributed by atoms with Crippen molar-refractivity contribution in [2.75, 3.05) is 10.6 Å². The van der Waals surface area contributed by atoms with E-state index in [-0.39, 0.29) is 5.91 Å². The lowest BCUT2D eigenvalue weighted by atomic mass is 10.2. The van der Waals surface area contributed by atoms with Gasteiger partial charge < -0.3 is 16.4 Å². The first-order valence-corrected chi connectivity index (χ1v) is 7.89. The lowest BCUT2D eigenvalue weighted by Gasteiger charge is -2.16. The van der Waals surface area contributed by atoms with E-state index in [0.717, 1.165) is 15.7 Å². The summed E-state index contributed by atoms with van der Waals surface area (Å²) in [6.45, 7) is 3.77. The van der Waals surface area contributed by atoms with Crippen LogP contribution in [0.5, 0.6) is 0 Å². The van der Waals surface area contributed by atoms with E-state index in [0.29, 0.717) is 11.3 Å². The monoisotopic (exact) mass is 375 g/mol. The molecule has 0 aromatic heterocycles. The summed E-state index contributed by atoms with van der Waals surface area (Å²) in [6, 6.07) is 11.8. The molecule has 0 saturated heterocycles. The Morgan fingerprint density at radius 2 is 1.70 bits per heavy atom. The minimum atomic E-state index is -0.497. The van der Waals surface area contributed by atoms with Gasteiger partial charge in [0.15, 0.2) is 0 Å². The first-order valence-electron chi connectivity index (χ1n) is 7.10. The van der Waals surface area contributed by atoms with Crippen LogP contribution in [0.3, 0.4) is 0 Å². The average molecular weight is 376 g/mol. The second-order valence-electron chi connectivity index (χ2n) is 5.26. The van der Waals surface area contributed by atoms with Crippen LogP contribution in [0.15, 0.2) is 46.9 Å². The normalized spacial score (nSPS) is 11.6. The van der Waals surface area contributed by atoms with Crippen molar-refractivity contribution < 1.29 is 9.59 Å². The zero-order valence-corrected chi connectivity index (χ0v) is 14.5. The highest BCUT2D eigenvalue weighted by Crippen LogP contribution is 2.20. The molecule has 0 unspecified atom stereocenters. The van der Waals surface area contributed by atoms with E-state index < -0.39 is 11.9 Å². The van der Waals surface area contributed by atoms with Gasteiger partial charge in [0.05, 0.1) is 0 Å². The van der Waals surface area contributed by atoms with Gasteiger partial charge in [-0.15, -0.1) is 0 Å². The standard InChI is InChI=1S/C17H18BrN3O2/c1-10-9-14(7-8-15(10)18)20-11(2)17(23)21-13-5-3-12(4-6-13)16(19)22/h3-9,11,20H,1-2H3,(H2,19,22)(H,21,23)/t11-/m1/s1. The van der Waals surface area contributed by atoms with Crippen LogP contribution in [-0.4, -0.2) is 17.9 Å². The molecule has 0 radical (unpaired) electrons. The summed E-state index contributed by atoms with van der Waals surface area (Å²) < 4.78 is 1.02. The van der Waals surface area contributed by atoms with Gasteiger partial charge in [-0.2, -0.15) is 0 Å². The number of primary amides is 1. The molecule has 2 rings (SSSR count). The maximum atomic E-state index is 12.2. The maximum absolute atomic E-state index is 12.2. The number of rotatable bonds is 5. The Morgan fingerprint density at radius 3 is 2.26 bits per heavy atom. The fourth-order valence-electron chi connectivity index (χ4n) is 2.02. The predicted octanol–water partition coefficient (Wildman–Crippen LogP) is 3.30. The molecule has 2 aromatic rings. The van der Waals surface area contributed by atoms with E-state index in [1.54, 1.807) is 31.2 Å². The van der Waals surface area contributed by atoms with Gasteiger partial charge in [0.1, 0.15) is 6.04 Å². The number of aryl methyl sites for hydroxylation is 1. The summed E-state index contributed by atoms with van der Waals surface area (Å²) >= 11 is 3.44. The molecule has 4 N–H and O–H groups in total. The predicted molar refractivity (Wildman–Crippen MR) is 95.6 cm³/mol. The van der Waals surface area contributed by atoms with Crippen molar-refractivity contribution in [1.82, 2.24) is 0 Å². The largest absolute Gasteiger partial charge is 0.374 e. The highest BCUT2D eigenvalue weighted by atomic mass is 79.9. The Balaban J connectivity index is 1.99. The van der Waals surface area contributed by atoms with Crippen LogP contribution in [0.2, 0.25) is 0 Å². The SMILES string of the molecule is Cc1cc(N[C@H](C)C(=O)Nc2ccc(C(N)=O)cc2)ccc1Br. The summed E-state index contributed by atoms with van der Waals surface area (Å²) in [5.41, 5.74) is 8.16. The van der Waals surface area contributed by atoms with Gasteiger partial charge in [0.25, 0.3) is 0 Å². The summed E-state index contributed by atoms with van der Waals surface area (Å²) in [5, 5.41) is 5.94. The number of carbonyl (C=O) groups is 2. The molecular formula is C17H18BrN3O2. The van der Waals surface area contributed by atoms with Crippen LogP contribution in [0.4, 0.5) is 11.4 Å². The third kappa shape index (κ3) is 4.56. The van der Waals surface area contributed by atoms with Gasteiger partial charge in [-0.25, -0.2) is 0 Å². The van der Waals surface area contributed by atoms with E-state index in [9.17, 15) is 9.59 Å². The van der Waals surface area contributed by atoms with Gasteiger partial charge in [0.2, 0.25) is 11.8 Å². The third-order valence-electron chi connectivity index (χ3n) is 3.37. The van der Waals surface area contributed by atoms with Crippen LogP contribution in [-0.2, 0) is 4.79 Å². The van der Waals surface area contributed by atoms with Crippen molar-refractivity contribution in [2.24, 2.45) is 5.73 Å². The van der Waals surface area contributed by atoms with Crippen LogP contribution in [0, 0.1) is 6.92 Å². The van der Waals surface area contributed by atoms with Crippen molar-refractivity contribution in [1.29, 1.82) is 0 Å². The van der Waals surface area contributed by atoms with Gasteiger partial charge in [-0.05, 0) is 61.9 Å². The van der Waals surface area contributed by atoms with E-state index in [2.05, 4.69) is 26.6 Å². The first-order chi connectivity index (χ1) is 10.9. The molecule has 0 bridgehead atoms. The molecule has 5 nitrogen and oxygen atoms in total. The van der Waals surface area contributed by atoms with Gasteiger partial charge in [-0.3, -0.25) is 9.59 Å². The fraction of sp³-hybridized carbons (Fsp3) is 0.176. The molecule has 1 atom stereocenters. The van der Waals surface area contributed by atoms with Crippen molar-refractivity contribution in [3.8, 4) is 0 Å². The zero-order chi connectivity index (χ0) is 17.0. The summed E-state index contributed by atoms with van der Waals surface area (Å²) in [5.74, 6) is -0.666. The summed E-state index contributed by atoms with van der Waals surface area (Å²) in [6.07, 6.45) is 0. The highest BCUT2D eigenvalue weighted by Gasteiger charge is 2.13. The number of nitrogens with one attached hydrogen (secondary N) is 2. The minimum Gasteiger partial charge on any atom is -0.374 e. The molecular weight excluding hydrogens is 358 g/mol. The zero-order valence-electron chi connectivity index (χ0n) is 12.9. The molecule has 2 amide bonds. The fourth-order valence-corrected chi connectivity index (χ4v) is 2.26. The Morgan fingerprint density at radius 1 is 1.09 bits per heavy atom. The highest BCUT2D eigenvalue weighted by molar-refractivity contribution is 9.10. The van der Waals surface area contributed by atoms with Gasteiger partial charge >= 0.3 is 0 Å². The maximum Gasteiger partial charge on any atom is 0.248 e. The lowest BCUT2D eigenvalue weighted by molar-refractivity contribution is -0.116. The Bertz CT molecular complexity index is 729. The average Bonchev–Trinajstić information content (AvgIpc) is 2.51. The van der Waals surface area contributed by atoms with E-state index in [4.69, 9.17) is 5.73 Å². The molecule has 0 heterocycles. The summed E-state index contributed by atoms with van der Waals surface area (Å²) in [7, 11) is 0. The molecule has 0 fully saturated rings. The number of amides is 2. The minimum absolute atomic E-state index is 0.169. The lowest BCUT2D eigenvalue weighted by Crippen LogP contribution is -2.31. The number of hydrogen-bond donors (Lipinski definition) is 3. The molecule has 0 saturated carbocycles. The molecule has 0 spiro atoms. The van der Waals surface area contributed by atoms with Crippen LogP contribution < -0.4 is 16.4 Å². The van der Waals surface area contributed by atoms with E-state index >= 15 is 0 Å². The second kappa shape index (κ2) is 7.28. The topological polar surface area (TPSA) is 84.2 Å². The quantitative estimate of drug-likeness (QED) is 0.749. The number of carbonyl (C=O) groups excluding carboxylic acids is 2. The van der Waals surface area contributed by atoms with Crippen molar-refractivity contribution in [3.05, 3.63) is 58.1 Å². The molecule has 0 aliphatic carbocycles. The third-order valence-corrected chi connectivity index (χ3v) is 4.26. The molecule has 0 aliphatic rings. The van der Waals surface area contributed by atoms with Gasteiger partial charge in [-0.1, -0.05) is 15.9 Å². The number of halogens is 1. The summed E-state index contributed by atoms with van der Waals surface area (Å²) in [4.78, 5) is 23.2. The van der Waals surface area contributed by atoms with Crippen LogP contribution in [0.1, 0.15) is 22.8 Å². The molecule has 6 heteroatoms. The van der Waals surface area contributed by atoms with Crippen LogP contribution in [0.25, 0.3) is 0 Å². The Hall–Kier alpha value is -2.34. The number of anilines is 2. The molecule has 120 valence electrons. The Labute approximate surface area is 143 Å². The van der Waals surface area contributed by atoms with Gasteiger partial charge in [0, 0.05) is 21.4 Å². The van der Waals surface area contributed by atoms with Crippen molar-refractivity contribution in [2.45, 2.75) is 19.9 Å². The molecule has 0 aliphatic heterocycles. The second-order valence-corrected chi connectivity index (χ2v) is 6.12. The molecule has 23 heavy (non-hydrogen) atoms. The van der Waals surface area contributed by atoms with Crippen molar-refractivity contribution in [3.63, 3.8) is 0 Å². The Kier molecular flexibility index (Phi) is 5.39.